The molecule has 0 fully saturated rings. The zero-order valence-corrected chi connectivity index (χ0v) is 17.7. The number of nitriles is 1. The molecule has 0 amide bonds. The SMILES string of the molecule is C=C1SC(/C=C(\C#N)C(C)=O)=C\S(C)(C)/C=C(/N(C)COC)SC1=C. The third-order valence-electron chi connectivity index (χ3n) is 3.09. The van der Waals surface area contributed by atoms with E-state index < -0.39 is 10.0 Å². The molecule has 0 aliphatic carbocycles. The minimum Gasteiger partial charge on any atom is -0.364 e. The van der Waals surface area contributed by atoms with E-state index in [4.69, 9.17) is 4.74 Å². The molecule has 7 heteroatoms. The molecule has 0 radical (unpaired) electrons. The van der Waals surface area contributed by atoms with Crippen molar-refractivity contribution in [3.63, 3.8) is 0 Å². The lowest BCUT2D eigenvalue weighted by molar-refractivity contribution is -0.113. The van der Waals surface area contributed by atoms with E-state index in [0.717, 1.165) is 19.7 Å². The zero-order valence-electron chi connectivity index (χ0n) is 15.3. The maximum absolute atomic E-state index is 11.6. The summed E-state index contributed by atoms with van der Waals surface area (Å²) in [6, 6.07) is 1.97. The Morgan fingerprint density at radius 2 is 1.96 bits per heavy atom. The van der Waals surface area contributed by atoms with Gasteiger partial charge in [-0.1, -0.05) is 36.7 Å². The highest BCUT2D eigenvalue weighted by molar-refractivity contribution is 8.38. The summed E-state index contributed by atoms with van der Waals surface area (Å²) >= 11 is 2.99. The molecule has 0 spiro atoms. The second-order valence-electron chi connectivity index (χ2n) is 5.86. The number of ether oxygens (including phenoxy) is 1. The van der Waals surface area contributed by atoms with Crippen LogP contribution in [-0.4, -0.2) is 44.1 Å². The average Bonchev–Trinajstić information content (AvgIpc) is 2.53. The van der Waals surface area contributed by atoms with Crippen LogP contribution in [-0.2, 0) is 9.53 Å². The Bertz CT molecular complexity index is 712. The van der Waals surface area contributed by atoms with Gasteiger partial charge in [0.25, 0.3) is 0 Å². The number of rotatable bonds is 5. The van der Waals surface area contributed by atoms with Crippen molar-refractivity contribution in [3.8, 4) is 6.07 Å². The van der Waals surface area contributed by atoms with Gasteiger partial charge in [-0.3, -0.25) is 4.79 Å². The molecule has 0 aromatic heterocycles. The van der Waals surface area contributed by atoms with Crippen molar-refractivity contribution in [2.75, 3.05) is 33.4 Å². The van der Waals surface area contributed by atoms with Crippen molar-refractivity contribution in [1.29, 1.82) is 5.26 Å². The number of nitrogens with zero attached hydrogens (tertiary/aromatic N) is 2. The largest absolute Gasteiger partial charge is 0.364 e. The Balaban J connectivity index is 3.42. The summed E-state index contributed by atoms with van der Waals surface area (Å²) in [4.78, 5) is 16.1. The maximum Gasteiger partial charge on any atom is 0.170 e. The standard InChI is InChI=1S/C18H24N2O2S3/c1-13(21)16(9-19)8-17-10-25(6,7)11-18(20(4)12-22-5)24-15(3)14(2)23-17/h8,10-11H,2-3,12H2,1,4-7H3/b16-8+,17-10-,18-11-. The number of allylic oxidation sites excluding steroid dienone is 2. The molecule has 0 aromatic rings. The predicted octanol–water partition coefficient (Wildman–Crippen LogP) is 4.77. The number of Topliss-reactive ketones (excluding diaryl/α,β-unsaturated/α-hetero) is 1. The Labute approximate surface area is 160 Å². The molecular weight excluding hydrogens is 372 g/mol. The first-order valence-electron chi connectivity index (χ1n) is 7.33. The number of methoxy groups -OCH3 is 1. The summed E-state index contributed by atoms with van der Waals surface area (Å²) in [6.45, 7) is 10.1. The minimum atomic E-state index is -1.26. The van der Waals surface area contributed by atoms with Crippen molar-refractivity contribution in [2.24, 2.45) is 0 Å². The van der Waals surface area contributed by atoms with Crippen molar-refractivity contribution in [3.05, 3.63) is 55.4 Å². The molecule has 1 heterocycles. The van der Waals surface area contributed by atoms with Crippen LogP contribution < -0.4 is 0 Å². The van der Waals surface area contributed by atoms with E-state index in [1.54, 1.807) is 24.9 Å². The first-order chi connectivity index (χ1) is 11.6. The van der Waals surface area contributed by atoms with Crippen molar-refractivity contribution in [1.82, 2.24) is 4.90 Å². The van der Waals surface area contributed by atoms with E-state index in [0.29, 0.717) is 6.73 Å². The van der Waals surface area contributed by atoms with Gasteiger partial charge in [0.15, 0.2) is 5.78 Å². The van der Waals surface area contributed by atoms with Crippen LogP contribution >= 0.6 is 33.6 Å². The quantitative estimate of drug-likeness (QED) is 0.379. The molecule has 1 rings (SSSR count). The first-order valence-corrected chi connectivity index (χ1v) is 11.5. The van der Waals surface area contributed by atoms with Crippen molar-refractivity contribution in [2.45, 2.75) is 6.92 Å². The van der Waals surface area contributed by atoms with Crippen LogP contribution in [0.5, 0.6) is 0 Å². The summed E-state index contributed by atoms with van der Waals surface area (Å²) in [5, 5.41) is 14.5. The number of carbonyl (C=O) groups is 1. The van der Waals surface area contributed by atoms with Crippen LogP contribution in [0.3, 0.4) is 0 Å². The smallest absolute Gasteiger partial charge is 0.170 e. The summed E-state index contributed by atoms with van der Waals surface area (Å²) < 4.78 is 5.23. The van der Waals surface area contributed by atoms with Gasteiger partial charge in [0.1, 0.15) is 12.8 Å². The fourth-order valence-corrected chi connectivity index (χ4v) is 6.57. The fraction of sp³-hybridized carbons (Fsp3) is 0.333. The topological polar surface area (TPSA) is 53.3 Å². The molecule has 0 saturated heterocycles. The molecule has 1 aliphatic rings. The Morgan fingerprint density at radius 3 is 2.48 bits per heavy atom. The molecule has 0 aromatic carbocycles. The first kappa shape index (κ1) is 21.7. The normalized spacial score (nSPS) is 23.8. The van der Waals surface area contributed by atoms with Gasteiger partial charge in [-0.05, 0) is 36.3 Å². The van der Waals surface area contributed by atoms with Gasteiger partial charge < -0.3 is 9.64 Å². The number of thioether (sulfide) groups is 2. The van der Waals surface area contributed by atoms with Gasteiger partial charge in [-0.25, -0.2) is 10.0 Å². The molecule has 25 heavy (non-hydrogen) atoms. The van der Waals surface area contributed by atoms with E-state index in [2.05, 4.69) is 36.5 Å². The molecular formula is C18H24N2O2S3. The van der Waals surface area contributed by atoms with Gasteiger partial charge in [-0.2, -0.15) is 5.26 Å². The van der Waals surface area contributed by atoms with E-state index >= 15 is 0 Å². The van der Waals surface area contributed by atoms with Crippen LogP contribution in [0, 0.1) is 11.3 Å². The number of carbonyl (C=O) groups excluding carboxylic acids is 1. The Kier molecular flexibility index (Phi) is 8.16. The average molecular weight is 397 g/mol. The van der Waals surface area contributed by atoms with Crippen LogP contribution in [0.4, 0.5) is 0 Å². The van der Waals surface area contributed by atoms with Gasteiger partial charge >= 0.3 is 0 Å². The molecule has 0 bridgehead atoms. The van der Waals surface area contributed by atoms with Gasteiger partial charge in [0.05, 0.1) is 10.6 Å². The highest BCUT2D eigenvalue weighted by atomic mass is 32.3. The third-order valence-corrected chi connectivity index (χ3v) is 7.31. The molecule has 0 unspecified atom stereocenters. The zero-order chi connectivity index (χ0) is 19.2. The Hall–Kier alpha value is -1.33. The summed E-state index contributed by atoms with van der Waals surface area (Å²) in [5.74, 6) is -0.244. The predicted molar refractivity (Wildman–Crippen MR) is 113 cm³/mol. The fourth-order valence-electron chi connectivity index (χ4n) is 1.87. The third kappa shape index (κ3) is 6.83. The van der Waals surface area contributed by atoms with Gasteiger partial charge in [0.2, 0.25) is 0 Å². The molecule has 0 atom stereocenters. The number of hydrogen-bond donors (Lipinski definition) is 0. The molecule has 1 aliphatic heterocycles. The molecule has 136 valence electrons. The van der Waals surface area contributed by atoms with Crippen molar-refractivity contribution >= 4 is 39.3 Å². The van der Waals surface area contributed by atoms with Crippen LogP contribution in [0.1, 0.15) is 6.92 Å². The highest BCUT2D eigenvalue weighted by Gasteiger charge is 2.19. The number of ketones is 1. The lowest BCUT2D eigenvalue weighted by atomic mass is 10.2. The molecule has 0 saturated carbocycles. The summed E-state index contributed by atoms with van der Waals surface area (Å²) in [6.07, 6.45) is 5.95. The summed E-state index contributed by atoms with van der Waals surface area (Å²) in [5.41, 5.74) is 0.139. The molecule has 4 nitrogen and oxygen atoms in total. The van der Waals surface area contributed by atoms with Crippen molar-refractivity contribution < 1.29 is 9.53 Å². The highest BCUT2D eigenvalue weighted by Crippen LogP contribution is 2.52. The Morgan fingerprint density at radius 1 is 1.36 bits per heavy atom. The van der Waals surface area contributed by atoms with E-state index in [9.17, 15) is 10.1 Å². The maximum atomic E-state index is 11.6. The van der Waals surface area contributed by atoms with Crippen LogP contribution in [0.15, 0.2) is 55.4 Å². The van der Waals surface area contributed by atoms with Gasteiger partial charge in [-0.15, -0.1) is 0 Å². The minimum absolute atomic E-state index is 0.139. The van der Waals surface area contributed by atoms with E-state index in [1.807, 2.05) is 18.0 Å². The van der Waals surface area contributed by atoms with E-state index in [1.165, 1.54) is 18.7 Å². The lowest BCUT2D eigenvalue weighted by Gasteiger charge is -2.28. The molecule has 0 N–H and O–H groups in total. The number of hydrogen-bond acceptors (Lipinski definition) is 6. The van der Waals surface area contributed by atoms with E-state index in [-0.39, 0.29) is 11.4 Å². The second-order valence-corrected chi connectivity index (χ2v) is 11.6. The van der Waals surface area contributed by atoms with Crippen LogP contribution in [0.25, 0.3) is 0 Å². The summed E-state index contributed by atoms with van der Waals surface area (Å²) in [7, 11) is 2.36. The van der Waals surface area contributed by atoms with Crippen LogP contribution in [0.2, 0.25) is 0 Å². The lowest BCUT2D eigenvalue weighted by Crippen LogP contribution is -2.19. The van der Waals surface area contributed by atoms with Gasteiger partial charge in [0, 0.05) is 28.9 Å². The second kappa shape index (κ2) is 9.39. The monoisotopic (exact) mass is 396 g/mol.